The molecule has 0 amide bonds. The monoisotopic (exact) mass is 222 g/mol. The van der Waals surface area contributed by atoms with Crippen molar-refractivity contribution >= 4 is 17.3 Å². The molecule has 0 radical (unpaired) electrons. The van der Waals surface area contributed by atoms with Gasteiger partial charge in [0.25, 0.3) is 0 Å². The number of carboxylic acids is 1. The smallest absolute Gasteiger partial charge is 0.372 e. The van der Waals surface area contributed by atoms with Gasteiger partial charge >= 0.3 is 5.97 Å². The fourth-order valence-corrected chi connectivity index (χ4v) is 2.14. The maximum atomic E-state index is 10.8. The summed E-state index contributed by atoms with van der Waals surface area (Å²) in [4.78, 5) is 10.8. The van der Waals surface area contributed by atoms with Crippen LogP contribution in [0.5, 0.6) is 0 Å². The van der Waals surface area contributed by atoms with Crippen molar-refractivity contribution in [3.63, 3.8) is 0 Å². The fourth-order valence-electron chi connectivity index (χ4n) is 1.43. The van der Waals surface area contributed by atoms with Crippen LogP contribution in [-0.2, 0) is 12.8 Å². The Morgan fingerprint density at radius 1 is 1.40 bits per heavy atom. The number of carbonyl (C=O) groups is 1. The second-order valence-corrected chi connectivity index (χ2v) is 3.99. The molecule has 0 atom stereocenters. The summed E-state index contributed by atoms with van der Waals surface area (Å²) < 4.78 is 4.90. The SMILES string of the molecule is O=C(O)c1occc1CCc1ccsc1. The molecule has 78 valence electrons. The summed E-state index contributed by atoms with van der Waals surface area (Å²) in [6.07, 6.45) is 2.98. The van der Waals surface area contributed by atoms with E-state index in [0.717, 1.165) is 12.0 Å². The Kier molecular flexibility index (Phi) is 2.87. The van der Waals surface area contributed by atoms with Crippen LogP contribution in [0.15, 0.2) is 33.6 Å². The van der Waals surface area contributed by atoms with E-state index in [1.54, 1.807) is 17.4 Å². The van der Waals surface area contributed by atoms with Gasteiger partial charge in [-0.25, -0.2) is 4.79 Å². The number of thiophene rings is 1. The predicted molar refractivity (Wildman–Crippen MR) is 57.4 cm³/mol. The van der Waals surface area contributed by atoms with Crippen LogP contribution in [0.1, 0.15) is 21.7 Å². The van der Waals surface area contributed by atoms with E-state index in [-0.39, 0.29) is 5.76 Å². The van der Waals surface area contributed by atoms with Crippen molar-refractivity contribution in [1.29, 1.82) is 0 Å². The van der Waals surface area contributed by atoms with Crippen LogP contribution < -0.4 is 0 Å². The minimum atomic E-state index is -1.000. The van der Waals surface area contributed by atoms with Gasteiger partial charge in [-0.05, 0) is 41.3 Å². The molecule has 0 aliphatic heterocycles. The van der Waals surface area contributed by atoms with E-state index in [9.17, 15) is 4.79 Å². The molecule has 0 aliphatic carbocycles. The lowest BCUT2D eigenvalue weighted by Crippen LogP contribution is -1.99. The van der Waals surface area contributed by atoms with Gasteiger partial charge < -0.3 is 9.52 Å². The number of rotatable bonds is 4. The van der Waals surface area contributed by atoms with E-state index in [2.05, 4.69) is 5.38 Å². The Hall–Kier alpha value is -1.55. The maximum Gasteiger partial charge on any atom is 0.372 e. The van der Waals surface area contributed by atoms with Crippen molar-refractivity contribution in [2.45, 2.75) is 12.8 Å². The number of carboxylic acid groups (broad SMARTS) is 1. The number of hydrogen-bond acceptors (Lipinski definition) is 3. The fraction of sp³-hybridized carbons (Fsp3) is 0.182. The molecule has 15 heavy (non-hydrogen) atoms. The van der Waals surface area contributed by atoms with Gasteiger partial charge in [0.1, 0.15) is 0 Å². The highest BCUT2D eigenvalue weighted by molar-refractivity contribution is 7.07. The first-order valence-electron chi connectivity index (χ1n) is 4.58. The predicted octanol–water partition coefficient (Wildman–Crippen LogP) is 2.82. The molecule has 0 aromatic carbocycles. The van der Waals surface area contributed by atoms with Gasteiger partial charge in [-0.15, -0.1) is 0 Å². The van der Waals surface area contributed by atoms with Gasteiger partial charge in [0.2, 0.25) is 5.76 Å². The van der Waals surface area contributed by atoms with Crippen LogP contribution in [0.3, 0.4) is 0 Å². The third kappa shape index (κ3) is 2.27. The average Bonchev–Trinajstić information content (AvgIpc) is 2.86. The van der Waals surface area contributed by atoms with Crippen molar-refractivity contribution in [3.05, 3.63) is 46.0 Å². The molecule has 2 aromatic rings. The van der Waals surface area contributed by atoms with E-state index in [1.807, 2.05) is 11.4 Å². The first-order valence-corrected chi connectivity index (χ1v) is 5.52. The van der Waals surface area contributed by atoms with Crippen LogP contribution in [0.4, 0.5) is 0 Å². The summed E-state index contributed by atoms with van der Waals surface area (Å²) in [6, 6.07) is 3.76. The number of furan rings is 1. The van der Waals surface area contributed by atoms with Crippen molar-refractivity contribution in [2.24, 2.45) is 0 Å². The summed E-state index contributed by atoms with van der Waals surface area (Å²) in [5.74, 6) is -0.939. The molecule has 0 saturated heterocycles. The van der Waals surface area contributed by atoms with Crippen molar-refractivity contribution in [3.8, 4) is 0 Å². The summed E-state index contributed by atoms with van der Waals surface area (Å²) in [5, 5.41) is 12.9. The second-order valence-electron chi connectivity index (χ2n) is 3.21. The van der Waals surface area contributed by atoms with Crippen LogP contribution >= 0.6 is 11.3 Å². The van der Waals surface area contributed by atoms with Crippen LogP contribution in [0.2, 0.25) is 0 Å². The maximum absolute atomic E-state index is 10.8. The van der Waals surface area contributed by atoms with Crippen molar-refractivity contribution in [1.82, 2.24) is 0 Å². The lowest BCUT2D eigenvalue weighted by Gasteiger charge is -1.97. The van der Waals surface area contributed by atoms with Gasteiger partial charge in [0.15, 0.2) is 0 Å². The summed E-state index contributed by atoms with van der Waals surface area (Å²) in [5.41, 5.74) is 1.99. The molecule has 2 aromatic heterocycles. The normalized spacial score (nSPS) is 10.4. The molecule has 2 rings (SSSR count). The molecule has 1 N–H and O–H groups in total. The lowest BCUT2D eigenvalue weighted by atomic mass is 10.1. The standard InChI is InChI=1S/C11H10O3S/c12-11(13)10-9(3-5-14-10)2-1-8-4-6-15-7-8/h3-7H,1-2H2,(H,12,13). The number of aryl methyl sites for hydroxylation is 2. The Labute approximate surface area is 91.0 Å². The highest BCUT2D eigenvalue weighted by Crippen LogP contribution is 2.15. The quantitative estimate of drug-likeness (QED) is 0.865. The lowest BCUT2D eigenvalue weighted by molar-refractivity contribution is 0.0661. The van der Waals surface area contributed by atoms with E-state index in [4.69, 9.17) is 9.52 Å². The molecule has 3 nitrogen and oxygen atoms in total. The zero-order chi connectivity index (χ0) is 10.7. The molecule has 0 saturated carbocycles. The molecule has 2 heterocycles. The van der Waals surface area contributed by atoms with E-state index in [0.29, 0.717) is 6.42 Å². The molecular formula is C11H10O3S. The highest BCUT2D eigenvalue weighted by atomic mass is 32.1. The van der Waals surface area contributed by atoms with Crippen LogP contribution in [0, 0.1) is 0 Å². The summed E-state index contributed by atoms with van der Waals surface area (Å²) in [7, 11) is 0. The molecular weight excluding hydrogens is 212 g/mol. The minimum absolute atomic E-state index is 0.0604. The van der Waals surface area contributed by atoms with E-state index in [1.165, 1.54) is 11.8 Å². The van der Waals surface area contributed by atoms with Gasteiger partial charge in [0, 0.05) is 5.56 Å². The first kappa shape index (κ1) is 9.98. The van der Waals surface area contributed by atoms with E-state index < -0.39 is 5.97 Å². The largest absolute Gasteiger partial charge is 0.475 e. The average molecular weight is 222 g/mol. The Morgan fingerprint density at radius 3 is 2.93 bits per heavy atom. The molecule has 0 aliphatic rings. The zero-order valence-electron chi connectivity index (χ0n) is 7.97. The third-order valence-corrected chi connectivity index (χ3v) is 2.94. The molecule has 0 bridgehead atoms. The third-order valence-electron chi connectivity index (χ3n) is 2.20. The molecule has 4 heteroatoms. The van der Waals surface area contributed by atoms with Gasteiger partial charge in [0.05, 0.1) is 6.26 Å². The Morgan fingerprint density at radius 2 is 2.27 bits per heavy atom. The summed E-state index contributed by atoms with van der Waals surface area (Å²) in [6.45, 7) is 0. The van der Waals surface area contributed by atoms with Crippen molar-refractivity contribution < 1.29 is 14.3 Å². The summed E-state index contributed by atoms with van der Waals surface area (Å²) >= 11 is 1.65. The Balaban J connectivity index is 2.05. The number of hydrogen-bond donors (Lipinski definition) is 1. The highest BCUT2D eigenvalue weighted by Gasteiger charge is 2.13. The zero-order valence-corrected chi connectivity index (χ0v) is 8.79. The molecule has 0 unspecified atom stereocenters. The van der Waals surface area contributed by atoms with Gasteiger partial charge in [-0.1, -0.05) is 0 Å². The topological polar surface area (TPSA) is 50.4 Å². The molecule has 0 fully saturated rings. The minimum Gasteiger partial charge on any atom is -0.475 e. The first-order chi connectivity index (χ1) is 7.27. The van der Waals surface area contributed by atoms with Crippen LogP contribution in [0.25, 0.3) is 0 Å². The molecule has 0 spiro atoms. The van der Waals surface area contributed by atoms with Gasteiger partial charge in [-0.3, -0.25) is 0 Å². The van der Waals surface area contributed by atoms with Crippen molar-refractivity contribution in [2.75, 3.05) is 0 Å². The van der Waals surface area contributed by atoms with Crippen LogP contribution in [-0.4, -0.2) is 11.1 Å². The van der Waals surface area contributed by atoms with Gasteiger partial charge in [-0.2, -0.15) is 11.3 Å². The second kappa shape index (κ2) is 4.31. The Bertz CT molecular complexity index is 442. The van der Waals surface area contributed by atoms with E-state index >= 15 is 0 Å². The number of aromatic carboxylic acids is 1.